The average Bonchev–Trinajstić information content (AvgIpc) is 2.38. The summed E-state index contributed by atoms with van der Waals surface area (Å²) in [6, 6.07) is 16.3. The van der Waals surface area contributed by atoms with Gasteiger partial charge in [-0.15, -0.1) is 11.8 Å². The van der Waals surface area contributed by atoms with Crippen molar-refractivity contribution in [1.29, 1.82) is 0 Å². The lowest BCUT2D eigenvalue weighted by atomic mass is 10.0. The van der Waals surface area contributed by atoms with Gasteiger partial charge >= 0.3 is 5.97 Å². The highest BCUT2D eigenvalue weighted by Gasteiger charge is 2.01. The first kappa shape index (κ1) is 12.7. The number of carboxylic acid groups (broad SMARTS) is 1. The van der Waals surface area contributed by atoms with E-state index in [2.05, 4.69) is 31.2 Å². The maximum absolute atomic E-state index is 10.5. The Kier molecular flexibility index (Phi) is 4.05. The first-order chi connectivity index (χ1) is 8.65. The van der Waals surface area contributed by atoms with Crippen molar-refractivity contribution in [3.8, 4) is 11.1 Å². The lowest BCUT2D eigenvalue weighted by molar-refractivity contribution is -0.133. The van der Waals surface area contributed by atoms with Crippen LogP contribution < -0.4 is 0 Å². The Labute approximate surface area is 111 Å². The minimum atomic E-state index is -0.789. The summed E-state index contributed by atoms with van der Waals surface area (Å²) in [6.07, 6.45) is 0. The second-order valence-electron chi connectivity index (χ2n) is 4.07. The summed E-state index contributed by atoms with van der Waals surface area (Å²) in [6.45, 7) is 2.06. The molecule has 0 aromatic heterocycles. The number of rotatable bonds is 4. The van der Waals surface area contributed by atoms with Gasteiger partial charge < -0.3 is 5.11 Å². The van der Waals surface area contributed by atoms with Crippen molar-refractivity contribution in [2.45, 2.75) is 11.8 Å². The third kappa shape index (κ3) is 3.37. The summed E-state index contributed by atoms with van der Waals surface area (Å²) >= 11 is 1.34. The predicted molar refractivity (Wildman–Crippen MR) is 75.0 cm³/mol. The van der Waals surface area contributed by atoms with E-state index in [-0.39, 0.29) is 5.75 Å². The molecular formula is C15H14O2S. The van der Waals surface area contributed by atoms with E-state index in [4.69, 9.17) is 5.11 Å². The molecule has 0 unspecified atom stereocenters. The van der Waals surface area contributed by atoms with Crippen LogP contribution in [0.25, 0.3) is 11.1 Å². The standard InChI is InChI=1S/C15H14O2S/c1-11-2-4-12(5-3-11)13-6-8-14(9-7-13)18-10-15(16)17/h2-9H,10H2,1H3,(H,16,17). The molecule has 0 aliphatic carbocycles. The largest absolute Gasteiger partial charge is 0.481 e. The Morgan fingerprint density at radius 3 is 2.00 bits per heavy atom. The highest BCUT2D eigenvalue weighted by Crippen LogP contribution is 2.24. The van der Waals surface area contributed by atoms with Crippen LogP contribution >= 0.6 is 11.8 Å². The van der Waals surface area contributed by atoms with Gasteiger partial charge in [0.1, 0.15) is 0 Å². The minimum absolute atomic E-state index is 0.101. The molecule has 0 spiro atoms. The molecule has 3 heteroatoms. The van der Waals surface area contributed by atoms with Crippen molar-refractivity contribution < 1.29 is 9.90 Å². The summed E-state index contributed by atoms with van der Waals surface area (Å²) in [5, 5.41) is 8.61. The monoisotopic (exact) mass is 258 g/mol. The smallest absolute Gasteiger partial charge is 0.313 e. The van der Waals surface area contributed by atoms with Gasteiger partial charge in [0.25, 0.3) is 0 Å². The summed E-state index contributed by atoms with van der Waals surface area (Å²) in [7, 11) is 0. The molecule has 2 aromatic rings. The van der Waals surface area contributed by atoms with Crippen LogP contribution in [0.5, 0.6) is 0 Å². The van der Waals surface area contributed by atoms with Crippen LogP contribution in [0.15, 0.2) is 53.4 Å². The highest BCUT2D eigenvalue weighted by atomic mass is 32.2. The molecule has 0 aliphatic rings. The molecule has 18 heavy (non-hydrogen) atoms. The van der Waals surface area contributed by atoms with Crippen molar-refractivity contribution in [3.63, 3.8) is 0 Å². The quantitative estimate of drug-likeness (QED) is 0.847. The normalized spacial score (nSPS) is 10.3. The molecule has 0 fully saturated rings. The fourth-order valence-corrected chi connectivity index (χ4v) is 2.25. The summed E-state index contributed by atoms with van der Waals surface area (Å²) in [4.78, 5) is 11.5. The van der Waals surface area contributed by atoms with Crippen molar-refractivity contribution in [1.82, 2.24) is 0 Å². The third-order valence-corrected chi connectivity index (χ3v) is 3.60. The number of hydrogen-bond acceptors (Lipinski definition) is 2. The number of carboxylic acids is 1. The first-order valence-corrected chi connectivity index (χ1v) is 6.65. The molecule has 92 valence electrons. The number of aryl methyl sites for hydroxylation is 1. The van der Waals surface area contributed by atoms with E-state index < -0.39 is 5.97 Å². The van der Waals surface area contributed by atoms with E-state index in [1.165, 1.54) is 22.9 Å². The van der Waals surface area contributed by atoms with Gasteiger partial charge in [0.05, 0.1) is 5.75 Å². The predicted octanol–water partition coefficient (Wildman–Crippen LogP) is 3.84. The molecular weight excluding hydrogens is 244 g/mol. The Morgan fingerprint density at radius 1 is 1.00 bits per heavy atom. The minimum Gasteiger partial charge on any atom is -0.481 e. The van der Waals surface area contributed by atoms with Crippen molar-refractivity contribution in [2.75, 3.05) is 5.75 Å². The Morgan fingerprint density at radius 2 is 1.50 bits per heavy atom. The Balaban J connectivity index is 2.12. The van der Waals surface area contributed by atoms with Crippen LogP contribution in [0.2, 0.25) is 0 Å². The maximum Gasteiger partial charge on any atom is 0.313 e. The number of aliphatic carboxylic acids is 1. The van der Waals surface area contributed by atoms with Gasteiger partial charge in [-0.1, -0.05) is 42.0 Å². The zero-order valence-electron chi connectivity index (χ0n) is 10.1. The van der Waals surface area contributed by atoms with Gasteiger partial charge in [-0.25, -0.2) is 0 Å². The number of hydrogen-bond donors (Lipinski definition) is 1. The van der Waals surface area contributed by atoms with E-state index in [0.29, 0.717) is 0 Å². The van der Waals surface area contributed by atoms with Crippen LogP contribution in [0.3, 0.4) is 0 Å². The van der Waals surface area contributed by atoms with Crippen LogP contribution in [-0.2, 0) is 4.79 Å². The number of thioether (sulfide) groups is 1. The Bertz CT molecular complexity index is 529. The maximum atomic E-state index is 10.5. The number of carbonyl (C=O) groups is 1. The molecule has 0 bridgehead atoms. The molecule has 0 atom stereocenters. The molecule has 0 heterocycles. The van der Waals surface area contributed by atoms with E-state index in [1.807, 2.05) is 24.3 Å². The fourth-order valence-electron chi connectivity index (χ4n) is 1.63. The van der Waals surface area contributed by atoms with Crippen LogP contribution in [0, 0.1) is 6.92 Å². The van der Waals surface area contributed by atoms with E-state index in [1.54, 1.807) is 0 Å². The highest BCUT2D eigenvalue weighted by molar-refractivity contribution is 8.00. The van der Waals surface area contributed by atoms with Crippen LogP contribution in [0.4, 0.5) is 0 Å². The Hall–Kier alpha value is -1.74. The zero-order valence-corrected chi connectivity index (χ0v) is 10.9. The van der Waals surface area contributed by atoms with E-state index in [0.717, 1.165) is 10.5 Å². The topological polar surface area (TPSA) is 37.3 Å². The van der Waals surface area contributed by atoms with E-state index >= 15 is 0 Å². The van der Waals surface area contributed by atoms with Gasteiger partial charge in [-0.3, -0.25) is 4.79 Å². The summed E-state index contributed by atoms with van der Waals surface area (Å²) < 4.78 is 0. The van der Waals surface area contributed by atoms with Crippen molar-refractivity contribution >= 4 is 17.7 Å². The molecule has 2 rings (SSSR count). The second-order valence-corrected chi connectivity index (χ2v) is 5.12. The van der Waals surface area contributed by atoms with Gasteiger partial charge in [0, 0.05) is 4.90 Å². The molecule has 0 saturated carbocycles. The van der Waals surface area contributed by atoms with Gasteiger partial charge in [0.2, 0.25) is 0 Å². The average molecular weight is 258 g/mol. The summed E-state index contributed by atoms with van der Waals surface area (Å²) in [5.41, 5.74) is 3.57. The lowest BCUT2D eigenvalue weighted by Crippen LogP contribution is -1.97. The van der Waals surface area contributed by atoms with Gasteiger partial charge in [-0.05, 0) is 30.2 Å². The molecule has 0 saturated heterocycles. The van der Waals surface area contributed by atoms with Crippen molar-refractivity contribution in [2.24, 2.45) is 0 Å². The van der Waals surface area contributed by atoms with Crippen molar-refractivity contribution in [3.05, 3.63) is 54.1 Å². The first-order valence-electron chi connectivity index (χ1n) is 5.67. The zero-order chi connectivity index (χ0) is 13.0. The SMILES string of the molecule is Cc1ccc(-c2ccc(SCC(=O)O)cc2)cc1. The molecule has 1 N–H and O–H groups in total. The third-order valence-electron chi connectivity index (χ3n) is 2.60. The second kappa shape index (κ2) is 5.74. The molecule has 2 nitrogen and oxygen atoms in total. The lowest BCUT2D eigenvalue weighted by Gasteiger charge is -2.04. The van der Waals surface area contributed by atoms with E-state index in [9.17, 15) is 4.79 Å². The fraction of sp³-hybridized carbons (Fsp3) is 0.133. The number of benzene rings is 2. The molecule has 0 radical (unpaired) electrons. The van der Waals surface area contributed by atoms with Crippen LogP contribution in [0.1, 0.15) is 5.56 Å². The molecule has 2 aromatic carbocycles. The molecule has 0 amide bonds. The molecule has 0 aliphatic heterocycles. The van der Waals surface area contributed by atoms with Gasteiger partial charge in [-0.2, -0.15) is 0 Å². The van der Waals surface area contributed by atoms with Crippen LogP contribution in [-0.4, -0.2) is 16.8 Å². The summed E-state index contributed by atoms with van der Waals surface area (Å²) in [5.74, 6) is -0.688. The van der Waals surface area contributed by atoms with Gasteiger partial charge in [0.15, 0.2) is 0 Å².